The fraction of sp³-hybridized carbons (Fsp3) is 0.294. The van der Waals surface area contributed by atoms with Crippen molar-refractivity contribution >= 4 is 17.3 Å². The quantitative estimate of drug-likeness (QED) is 0.849. The van der Waals surface area contributed by atoms with Crippen LogP contribution in [0.4, 0.5) is 11.4 Å². The molecular formula is C17H21N3O. The average Bonchev–Trinajstić information content (AvgIpc) is 2.54. The second-order valence-corrected chi connectivity index (χ2v) is 4.94. The first kappa shape index (κ1) is 15.0. The molecule has 0 aliphatic heterocycles. The van der Waals surface area contributed by atoms with Crippen molar-refractivity contribution in [3.63, 3.8) is 0 Å². The van der Waals surface area contributed by atoms with E-state index in [0.717, 1.165) is 17.8 Å². The van der Waals surface area contributed by atoms with E-state index in [1.807, 2.05) is 25.2 Å². The molecular weight excluding hydrogens is 262 g/mol. The van der Waals surface area contributed by atoms with Crippen LogP contribution in [0, 0.1) is 0 Å². The lowest BCUT2D eigenvalue weighted by Gasteiger charge is -2.07. The summed E-state index contributed by atoms with van der Waals surface area (Å²) in [5, 5.41) is 5.83. The zero-order valence-electron chi connectivity index (χ0n) is 12.5. The van der Waals surface area contributed by atoms with Crippen LogP contribution in [0.25, 0.3) is 0 Å². The lowest BCUT2D eigenvalue weighted by Crippen LogP contribution is -2.13. The molecule has 0 aliphatic rings. The molecule has 0 bridgehead atoms. The van der Waals surface area contributed by atoms with Crippen LogP contribution in [-0.2, 0) is 6.42 Å². The summed E-state index contributed by atoms with van der Waals surface area (Å²) in [5.41, 5.74) is 3.38. The molecule has 0 unspecified atom stereocenters. The number of nitrogens with one attached hydrogen (secondary N) is 2. The maximum absolute atomic E-state index is 12.1. The normalized spacial score (nSPS) is 10.2. The highest BCUT2D eigenvalue weighted by Crippen LogP contribution is 2.13. The zero-order valence-corrected chi connectivity index (χ0v) is 12.5. The number of benzene rings is 1. The molecule has 0 aliphatic carbocycles. The Labute approximate surface area is 125 Å². The van der Waals surface area contributed by atoms with Crippen LogP contribution in [0.3, 0.4) is 0 Å². The molecule has 2 rings (SSSR count). The van der Waals surface area contributed by atoms with Gasteiger partial charge < -0.3 is 10.6 Å². The molecule has 2 aromatic rings. The maximum atomic E-state index is 12.1. The number of nitrogens with zero attached hydrogens (tertiary/aromatic N) is 1. The predicted molar refractivity (Wildman–Crippen MR) is 86.8 cm³/mol. The summed E-state index contributed by atoms with van der Waals surface area (Å²) in [4.78, 5) is 16.2. The van der Waals surface area contributed by atoms with Crippen molar-refractivity contribution in [3.8, 4) is 0 Å². The number of aryl methyl sites for hydroxylation is 1. The van der Waals surface area contributed by atoms with E-state index in [0.29, 0.717) is 5.69 Å². The molecule has 1 aromatic heterocycles. The van der Waals surface area contributed by atoms with Gasteiger partial charge in [0.1, 0.15) is 5.69 Å². The van der Waals surface area contributed by atoms with E-state index in [1.54, 1.807) is 12.3 Å². The Morgan fingerprint density at radius 1 is 1.10 bits per heavy atom. The number of aromatic nitrogens is 1. The number of unbranched alkanes of at least 4 members (excludes halogenated alkanes) is 1. The van der Waals surface area contributed by atoms with Crippen LogP contribution in [0.1, 0.15) is 35.8 Å². The summed E-state index contributed by atoms with van der Waals surface area (Å²) in [6.07, 6.45) is 5.10. The zero-order chi connectivity index (χ0) is 15.1. The Morgan fingerprint density at radius 3 is 2.38 bits per heavy atom. The lowest BCUT2D eigenvalue weighted by atomic mass is 10.1. The number of rotatable bonds is 6. The summed E-state index contributed by atoms with van der Waals surface area (Å²) in [6.45, 7) is 2.18. The van der Waals surface area contributed by atoms with Crippen LogP contribution in [0.2, 0.25) is 0 Å². The highest BCUT2D eigenvalue weighted by Gasteiger charge is 2.07. The number of carbonyl (C=O) groups is 1. The maximum Gasteiger partial charge on any atom is 0.274 e. The van der Waals surface area contributed by atoms with Crippen molar-refractivity contribution in [1.82, 2.24) is 4.98 Å². The molecule has 0 spiro atoms. The van der Waals surface area contributed by atoms with E-state index in [9.17, 15) is 4.79 Å². The largest absolute Gasteiger partial charge is 0.387 e. The van der Waals surface area contributed by atoms with E-state index >= 15 is 0 Å². The average molecular weight is 283 g/mol. The third-order valence-corrected chi connectivity index (χ3v) is 3.32. The number of amides is 1. The van der Waals surface area contributed by atoms with Gasteiger partial charge in [0.2, 0.25) is 0 Å². The van der Waals surface area contributed by atoms with E-state index in [1.165, 1.54) is 18.4 Å². The number of anilines is 2. The first-order valence-corrected chi connectivity index (χ1v) is 7.27. The molecule has 0 atom stereocenters. The van der Waals surface area contributed by atoms with E-state index in [4.69, 9.17) is 0 Å². The second-order valence-electron chi connectivity index (χ2n) is 4.94. The number of hydrogen-bond acceptors (Lipinski definition) is 3. The third kappa shape index (κ3) is 4.31. The summed E-state index contributed by atoms with van der Waals surface area (Å²) >= 11 is 0. The monoisotopic (exact) mass is 283 g/mol. The minimum absolute atomic E-state index is 0.195. The number of pyridine rings is 1. The van der Waals surface area contributed by atoms with Crippen molar-refractivity contribution in [2.45, 2.75) is 26.2 Å². The van der Waals surface area contributed by atoms with Crippen LogP contribution in [-0.4, -0.2) is 17.9 Å². The summed E-state index contributed by atoms with van der Waals surface area (Å²) < 4.78 is 0. The summed E-state index contributed by atoms with van der Waals surface area (Å²) in [6, 6.07) is 11.5. The lowest BCUT2D eigenvalue weighted by molar-refractivity contribution is 0.102. The third-order valence-electron chi connectivity index (χ3n) is 3.32. The molecule has 0 fully saturated rings. The number of hydrogen-bond donors (Lipinski definition) is 2. The molecule has 110 valence electrons. The Bertz CT molecular complexity index is 576. The van der Waals surface area contributed by atoms with E-state index in [-0.39, 0.29) is 5.91 Å². The van der Waals surface area contributed by atoms with Gasteiger partial charge in [0.05, 0.1) is 11.9 Å². The SMILES string of the molecule is CCCCc1ccc(NC(=O)c2ccc(NC)cn2)cc1. The van der Waals surface area contributed by atoms with Gasteiger partial charge in [-0.05, 0) is 42.7 Å². The Hall–Kier alpha value is -2.36. The molecule has 1 aromatic carbocycles. The summed E-state index contributed by atoms with van der Waals surface area (Å²) in [7, 11) is 1.82. The smallest absolute Gasteiger partial charge is 0.274 e. The van der Waals surface area contributed by atoms with Gasteiger partial charge in [0.15, 0.2) is 0 Å². The van der Waals surface area contributed by atoms with Crippen LogP contribution < -0.4 is 10.6 Å². The van der Waals surface area contributed by atoms with Gasteiger partial charge in [-0.3, -0.25) is 4.79 Å². The van der Waals surface area contributed by atoms with Gasteiger partial charge in [0, 0.05) is 12.7 Å². The van der Waals surface area contributed by atoms with Gasteiger partial charge >= 0.3 is 0 Å². The fourth-order valence-corrected chi connectivity index (χ4v) is 2.01. The molecule has 2 N–H and O–H groups in total. The standard InChI is InChI=1S/C17H21N3O/c1-3-4-5-13-6-8-14(9-7-13)20-17(21)16-11-10-15(18-2)12-19-16/h6-12,18H,3-5H2,1-2H3,(H,20,21). The van der Waals surface area contributed by atoms with Crippen molar-refractivity contribution in [1.29, 1.82) is 0 Å². The molecule has 0 radical (unpaired) electrons. The second kappa shape index (κ2) is 7.43. The van der Waals surface area contributed by atoms with Crippen molar-refractivity contribution < 1.29 is 4.79 Å². The van der Waals surface area contributed by atoms with Gasteiger partial charge in [-0.2, -0.15) is 0 Å². The van der Waals surface area contributed by atoms with Crippen LogP contribution >= 0.6 is 0 Å². The van der Waals surface area contributed by atoms with Gasteiger partial charge in [-0.1, -0.05) is 25.5 Å². The Kier molecular flexibility index (Phi) is 5.32. The molecule has 1 heterocycles. The molecule has 21 heavy (non-hydrogen) atoms. The Morgan fingerprint density at radius 2 is 1.81 bits per heavy atom. The van der Waals surface area contributed by atoms with E-state index in [2.05, 4.69) is 34.7 Å². The first-order valence-electron chi connectivity index (χ1n) is 7.27. The topological polar surface area (TPSA) is 54.0 Å². The van der Waals surface area contributed by atoms with E-state index < -0.39 is 0 Å². The molecule has 0 saturated carbocycles. The van der Waals surface area contributed by atoms with Crippen LogP contribution in [0.15, 0.2) is 42.6 Å². The highest BCUT2D eigenvalue weighted by atomic mass is 16.1. The summed E-state index contributed by atoms with van der Waals surface area (Å²) in [5.74, 6) is -0.195. The Balaban J connectivity index is 1.98. The molecule has 4 nitrogen and oxygen atoms in total. The minimum atomic E-state index is -0.195. The van der Waals surface area contributed by atoms with Gasteiger partial charge in [-0.15, -0.1) is 0 Å². The van der Waals surface area contributed by atoms with Crippen molar-refractivity contribution in [2.75, 3.05) is 17.7 Å². The molecule has 4 heteroatoms. The van der Waals surface area contributed by atoms with Gasteiger partial charge in [-0.25, -0.2) is 4.98 Å². The fourth-order valence-electron chi connectivity index (χ4n) is 2.01. The molecule has 1 amide bonds. The van der Waals surface area contributed by atoms with Crippen LogP contribution in [0.5, 0.6) is 0 Å². The highest BCUT2D eigenvalue weighted by molar-refractivity contribution is 6.02. The van der Waals surface area contributed by atoms with Crippen molar-refractivity contribution in [2.24, 2.45) is 0 Å². The van der Waals surface area contributed by atoms with Crippen molar-refractivity contribution in [3.05, 3.63) is 53.9 Å². The predicted octanol–water partition coefficient (Wildman–Crippen LogP) is 3.72. The van der Waals surface area contributed by atoms with Gasteiger partial charge in [0.25, 0.3) is 5.91 Å². The minimum Gasteiger partial charge on any atom is -0.387 e. The number of carbonyl (C=O) groups excluding carboxylic acids is 1. The molecule has 0 saturated heterocycles. The first-order chi connectivity index (χ1) is 10.2.